The Kier molecular flexibility index (Phi) is 6.25. The van der Waals surface area contributed by atoms with Crippen molar-refractivity contribution in [3.8, 4) is 5.75 Å². The minimum Gasteiger partial charge on any atom is -0.495 e. The lowest BCUT2D eigenvalue weighted by Crippen LogP contribution is -2.44. The average Bonchev–Trinajstić information content (AvgIpc) is 2.76. The van der Waals surface area contributed by atoms with Crippen LogP contribution in [0.15, 0.2) is 59.1 Å². The molecule has 1 aliphatic rings. The Labute approximate surface area is 185 Å². The maximum atomic E-state index is 12.8. The molecule has 0 saturated carbocycles. The summed E-state index contributed by atoms with van der Waals surface area (Å²) >= 11 is 3.59. The molecule has 1 amide bonds. The summed E-state index contributed by atoms with van der Waals surface area (Å²) in [5.74, 6) is 0.799. The number of methoxy groups -OCH3 is 1. The SMILES string of the molecule is COc1ccc(NC(=O)Cc2ccc(Br)c3ccccc23)cc1N1CCN(C)CC1. The highest BCUT2D eigenvalue weighted by Gasteiger charge is 2.18. The van der Waals surface area contributed by atoms with Crippen LogP contribution in [-0.4, -0.2) is 51.1 Å². The van der Waals surface area contributed by atoms with Crippen LogP contribution in [0, 0.1) is 0 Å². The van der Waals surface area contributed by atoms with E-state index < -0.39 is 0 Å². The van der Waals surface area contributed by atoms with Crippen molar-refractivity contribution in [1.29, 1.82) is 0 Å². The number of hydrogen-bond donors (Lipinski definition) is 1. The standard InChI is InChI=1S/C24H26BrN3O2/c1-27-11-13-28(14-12-27)22-16-18(8-10-23(22)30-2)26-24(29)15-17-7-9-21(25)20-6-4-3-5-19(17)20/h3-10,16H,11-15H2,1-2H3,(H,26,29). The van der Waals surface area contributed by atoms with Crippen LogP contribution in [0.4, 0.5) is 11.4 Å². The van der Waals surface area contributed by atoms with Crippen LogP contribution in [0.3, 0.4) is 0 Å². The lowest BCUT2D eigenvalue weighted by Gasteiger charge is -2.35. The Hall–Kier alpha value is -2.57. The first kappa shape index (κ1) is 20.7. The minimum atomic E-state index is -0.0306. The highest BCUT2D eigenvalue weighted by molar-refractivity contribution is 9.10. The number of halogens is 1. The summed E-state index contributed by atoms with van der Waals surface area (Å²) in [7, 11) is 3.82. The maximum absolute atomic E-state index is 12.8. The molecule has 1 fully saturated rings. The average molecular weight is 468 g/mol. The molecule has 156 valence electrons. The molecule has 4 rings (SSSR count). The monoisotopic (exact) mass is 467 g/mol. The predicted molar refractivity (Wildman–Crippen MR) is 127 cm³/mol. The van der Waals surface area contributed by atoms with Crippen molar-refractivity contribution >= 4 is 44.0 Å². The van der Waals surface area contributed by atoms with Gasteiger partial charge in [-0.2, -0.15) is 0 Å². The van der Waals surface area contributed by atoms with Crippen LogP contribution in [0.5, 0.6) is 5.75 Å². The molecule has 0 aliphatic carbocycles. The first-order valence-electron chi connectivity index (χ1n) is 10.1. The van der Waals surface area contributed by atoms with Gasteiger partial charge in [-0.05, 0) is 47.6 Å². The van der Waals surface area contributed by atoms with Crippen LogP contribution < -0.4 is 15.0 Å². The molecular formula is C24H26BrN3O2. The van der Waals surface area contributed by atoms with Crippen LogP contribution in [-0.2, 0) is 11.2 Å². The van der Waals surface area contributed by atoms with E-state index in [-0.39, 0.29) is 5.91 Å². The first-order chi connectivity index (χ1) is 14.5. The Balaban J connectivity index is 1.52. The molecule has 0 atom stereocenters. The number of likely N-dealkylation sites (N-methyl/N-ethyl adjacent to an activating group) is 1. The summed E-state index contributed by atoms with van der Waals surface area (Å²) in [6.45, 7) is 3.90. The van der Waals surface area contributed by atoms with Gasteiger partial charge in [0.15, 0.2) is 0 Å². The van der Waals surface area contributed by atoms with Gasteiger partial charge in [0.25, 0.3) is 0 Å². The lowest BCUT2D eigenvalue weighted by molar-refractivity contribution is -0.115. The molecule has 1 heterocycles. The van der Waals surface area contributed by atoms with Crippen molar-refractivity contribution in [1.82, 2.24) is 4.90 Å². The van der Waals surface area contributed by atoms with Gasteiger partial charge in [0.2, 0.25) is 5.91 Å². The summed E-state index contributed by atoms with van der Waals surface area (Å²) in [5.41, 5.74) is 2.83. The second kappa shape index (κ2) is 9.06. The third-order valence-electron chi connectivity index (χ3n) is 5.62. The van der Waals surface area contributed by atoms with E-state index >= 15 is 0 Å². The number of anilines is 2. The zero-order chi connectivity index (χ0) is 21.1. The van der Waals surface area contributed by atoms with Crippen molar-refractivity contribution < 1.29 is 9.53 Å². The highest BCUT2D eigenvalue weighted by Crippen LogP contribution is 2.32. The third-order valence-corrected chi connectivity index (χ3v) is 6.31. The summed E-state index contributed by atoms with van der Waals surface area (Å²) in [6, 6.07) is 18.0. The molecule has 3 aromatic carbocycles. The fourth-order valence-corrected chi connectivity index (χ4v) is 4.40. The second-order valence-electron chi connectivity index (χ2n) is 7.65. The number of carbonyl (C=O) groups excluding carboxylic acids is 1. The fourth-order valence-electron chi connectivity index (χ4n) is 3.92. The Bertz CT molecular complexity index is 1060. The number of rotatable bonds is 5. The molecule has 0 bridgehead atoms. The Morgan fingerprint density at radius 1 is 1.03 bits per heavy atom. The molecule has 1 aliphatic heterocycles. The first-order valence-corrected chi connectivity index (χ1v) is 10.9. The third kappa shape index (κ3) is 4.45. The van der Waals surface area contributed by atoms with Crippen LogP contribution in [0.2, 0.25) is 0 Å². The molecule has 0 aromatic heterocycles. The number of piperazine rings is 1. The van der Waals surface area contributed by atoms with E-state index in [9.17, 15) is 4.79 Å². The normalized spacial score (nSPS) is 14.7. The number of nitrogens with zero attached hydrogens (tertiary/aromatic N) is 2. The zero-order valence-electron chi connectivity index (χ0n) is 17.3. The summed E-state index contributed by atoms with van der Waals surface area (Å²) in [6.07, 6.45) is 0.323. The fraction of sp³-hybridized carbons (Fsp3) is 0.292. The molecule has 1 N–H and O–H groups in total. The quantitative estimate of drug-likeness (QED) is 0.597. The van der Waals surface area contributed by atoms with Crippen molar-refractivity contribution in [2.45, 2.75) is 6.42 Å². The molecule has 6 heteroatoms. The van der Waals surface area contributed by atoms with Crippen LogP contribution in [0.25, 0.3) is 10.8 Å². The summed E-state index contributed by atoms with van der Waals surface area (Å²) < 4.78 is 6.60. The van der Waals surface area contributed by atoms with E-state index in [1.54, 1.807) is 7.11 Å². The highest BCUT2D eigenvalue weighted by atomic mass is 79.9. The van der Waals surface area contributed by atoms with E-state index in [1.165, 1.54) is 0 Å². The molecule has 3 aromatic rings. The van der Waals surface area contributed by atoms with E-state index in [1.807, 2.05) is 42.5 Å². The maximum Gasteiger partial charge on any atom is 0.228 e. The topological polar surface area (TPSA) is 44.8 Å². The van der Waals surface area contributed by atoms with Gasteiger partial charge in [-0.25, -0.2) is 0 Å². The predicted octanol–water partition coefficient (Wildman–Crippen LogP) is 4.54. The summed E-state index contributed by atoms with van der Waals surface area (Å²) in [4.78, 5) is 17.5. The molecule has 30 heavy (non-hydrogen) atoms. The van der Waals surface area contributed by atoms with E-state index in [2.05, 4.69) is 50.2 Å². The number of amides is 1. The van der Waals surface area contributed by atoms with Gasteiger partial charge in [0, 0.05) is 36.3 Å². The molecule has 0 radical (unpaired) electrons. The van der Waals surface area contributed by atoms with Gasteiger partial charge < -0.3 is 19.9 Å². The smallest absolute Gasteiger partial charge is 0.228 e. The van der Waals surface area contributed by atoms with Crippen LogP contribution in [0.1, 0.15) is 5.56 Å². The molecule has 0 unspecified atom stereocenters. The van der Waals surface area contributed by atoms with E-state index in [0.717, 1.165) is 64.1 Å². The second-order valence-corrected chi connectivity index (χ2v) is 8.51. The van der Waals surface area contributed by atoms with Crippen molar-refractivity contribution in [2.24, 2.45) is 0 Å². The van der Waals surface area contributed by atoms with Gasteiger partial charge in [-0.15, -0.1) is 0 Å². The largest absolute Gasteiger partial charge is 0.495 e. The van der Waals surface area contributed by atoms with Gasteiger partial charge in [-0.1, -0.05) is 46.3 Å². The molecule has 0 spiro atoms. The Morgan fingerprint density at radius 3 is 2.50 bits per heavy atom. The summed E-state index contributed by atoms with van der Waals surface area (Å²) in [5, 5.41) is 5.27. The molecular weight excluding hydrogens is 442 g/mol. The van der Waals surface area contributed by atoms with Crippen molar-refractivity contribution in [3.05, 3.63) is 64.6 Å². The zero-order valence-corrected chi connectivity index (χ0v) is 18.9. The molecule has 5 nitrogen and oxygen atoms in total. The minimum absolute atomic E-state index is 0.0306. The van der Waals surface area contributed by atoms with E-state index in [4.69, 9.17) is 4.74 Å². The number of carbonyl (C=O) groups is 1. The lowest BCUT2D eigenvalue weighted by atomic mass is 10.0. The number of hydrogen-bond acceptors (Lipinski definition) is 4. The number of ether oxygens (including phenoxy) is 1. The van der Waals surface area contributed by atoms with Crippen LogP contribution >= 0.6 is 15.9 Å². The Morgan fingerprint density at radius 2 is 1.77 bits per heavy atom. The van der Waals surface area contributed by atoms with Crippen molar-refractivity contribution in [2.75, 3.05) is 50.6 Å². The van der Waals surface area contributed by atoms with Crippen molar-refractivity contribution in [3.63, 3.8) is 0 Å². The molecule has 1 saturated heterocycles. The van der Waals surface area contributed by atoms with Gasteiger partial charge in [0.1, 0.15) is 5.75 Å². The van der Waals surface area contributed by atoms with Gasteiger partial charge in [0.05, 0.1) is 19.2 Å². The number of benzene rings is 3. The van der Waals surface area contributed by atoms with E-state index in [0.29, 0.717) is 6.42 Å². The number of nitrogens with one attached hydrogen (secondary N) is 1. The van der Waals surface area contributed by atoms with Gasteiger partial charge in [-0.3, -0.25) is 4.79 Å². The van der Waals surface area contributed by atoms with Gasteiger partial charge >= 0.3 is 0 Å². The number of fused-ring (bicyclic) bond motifs is 1.